The maximum Gasteiger partial charge on any atom is 0.176 e. The molecule has 2 unspecified atom stereocenters. The second kappa shape index (κ2) is 5.75. The van der Waals surface area contributed by atoms with Gasteiger partial charge in [0.25, 0.3) is 0 Å². The van der Waals surface area contributed by atoms with Crippen LogP contribution >= 0.6 is 11.6 Å². The Kier molecular flexibility index (Phi) is 4.05. The van der Waals surface area contributed by atoms with Gasteiger partial charge in [-0.1, -0.05) is 29.8 Å². The third-order valence-electron chi connectivity index (χ3n) is 3.03. The molecule has 0 saturated carbocycles. The van der Waals surface area contributed by atoms with Crippen molar-refractivity contribution in [2.75, 3.05) is 0 Å². The molecule has 0 saturated heterocycles. The maximum atomic E-state index is 9.23. The van der Waals surface area contributed by atoms with Crippen LogP contribution in [0.5, 0.6) is 0 Å². The van der Waals surface area contributed by atoms with Crippen LogP contribution in [-0.4, -0.2) is 15.6 Å². The normalized spacial score (nSPS) is 13.2. The van der Waals surface area contributed by atoms with Gasteiger partial charge < -0.3 is 10.3 Å². The van der Waals surface area contributed by atoms with Gasteiger partial charge in [0.1, 0.15) is 12.1 Å². The number of halogens is 1. The van der Waals surface area contributed by atoms with E-state index in [1.165, 1.54) is 6.33 Å². The van der Waals surface area contributed by atoms with Gasteiger partial charge in [-0.25, -0.2) is 4.98 Å². The van der Waals surface area contributed by atoms with Crippen molar-refractivity contribution in [1.29, 1.82) is 10.5 Å². The molecule has 2 atom stereocenters. The van der Waals surface area contributed by atoms with E-state index in [1.807, 2.05) is 37.3 Å². The summed E-state index contributed by atoms with van der Waals surface area (Å²) in [5, 5.41) is 18.8. The Morgan fingerprint density at radius 1 is 1.30 bits per heavy atom. The molecule has 0 aliphatic carbocycles. The zero-order valence-corrected chi connectivity index (χ0v) is 11.5. The van der Waals surface area contributed by atoms with Gasteiger partial charge in [-0.3, -0.25) is 0 Å². The minimum Gasteiger partial charge on any atom is -0.326 e. The minimum absolute atomic E-state index is 0.0882. The van der Waals surface area contributed by atoms with Gasteiger partial charge in [0.05, 0.1) is 12.4 Å². The first-order valence-electron chi connectivity index (χ1n) is 5.97. The number of nitriles is 2. The highest BCUT2D eigenvalue weighted by Gasteiger charge is 2.24. The van der Waals surface area contributed by atoms with E-state index >= 15 is 0 Å². The summed E-state index contributed by atoms with van der Waals surface area (Å²) in [6, 6.07) is 10.5. The molecule has 0 aliphatic rings. The van der Waals surface area contributed by atoms with E-state index in [2.05, 4.69) is 4.98 Å². The maximum absolute atomic E-state index is 9.23. The van der Waals surface area contributed by atoms with Crippen molar-refractivity contribution in [3.8, 4) is 12.1 Å². The highest BCUT2D eigenvalue weighted by molar-refractivity contribution is 6.31. The molecule has 2 rings (SSSR count). The molecule has 0 aliphatic heterocycles. The third-order valence-corrected chi connectivity index (χ3v) is 3.37. The predicted molar refractivity (Wildman–Crippen MR) is 74.9 cm³/mol. The SMILES string of the molecule is CC(N)C(c1ccccc1Cl)n1cnc(C#N)c1C#N. The summed E-state index contributed by atoms with van der Waals surface area (Å²) >= 11 is 6.21. The number of benzene rings is 1. The lowest BCUT2D eigenvalue weighted by atomic mass is 10.0. The lowest BCUT2D eigenvalue weighted by molar-refractivity contribution is 0.492. The molecule has 5 nitrogen and oxygen atoms in total. The number of imidazole rings is 1. The monoisotopic (exact) mass is 285 g/mol. The number of aromatic nitrogens is 2. The highest BCUT2D eigenvalue weighted by Crippen LogP contribution is 2.29. The van der Waals surface area contributed by atoms with Crippen molar-refractivity contribution >= 4 is 11.6 Å². The van der Waals surface area contributed by atoms with E-state index in [-0.39, 0.29) is 23.5 Å². The van der Waals surface area contributed by atoms with Gasteiger partial charge in [-0.15, -0.1) is 0 Å². The van der Waals surface area contributed by atoms with Gasteiger partial charge >= 0.3 is 0 Å². The second-order valence-corrected chi connectivity index (χ2v) is 4.81. The molecule has 0 radical (unpaired) electrons. The minimum atomic E-state index is -0.354. The summed E-state index contributed by atoms with van der Waals surface area (Å²) in [4.78, 5) is 3.94. The van der Waals surface area contributed by atoms with Crippen molar-refractivity contribution in [2.24, 2.45) is 5.73 Å². The quantitative estimate of drug-likeness (QED) is 0.936. The third kappa shape index (κ3) is 2.37. The van der Waals surface area contributed by atoms with Crippen LogP contribution in [0.15, 0.2) is 30.6 Å². The predicted octanol–water partition coefficient (Wildman–Crippen LogP) is 2.22. The Bertz CT molecular complexity index is 705. The highest BCUT2D eigenvalue weighted by atomic mass is 35.5. The molecule has 1 aromatic carbocycles. The van der Waals surface area contributed by atoms with Gasteiger partial charge in [0.15, 0.2) is 11.4 Å². The molecule has 2 aromatic rings. The van der Waals surface area contributed by atoms with E-state index < -0.39 is 0 Å². The Hall–Kier alpha value is -2.34. The first-order valence-corrected chi connectivity index (χ1v) is 6.35. The van der Waals surface area contributed by atoms with E-state index in [9.17, 15) is 5.26 Å². The summed E-state index contributed by atoms with van der Waals surface area (Å²) in [7, 11) is 0. The number of nitrogens with two attached hydrogens (primary N) is 1. The first-order chi connectivity index (χ1) is 9.60. The Balaban J connectivity index is 2.63. The zero-order valence-electron chi connectivity index (χ0n) is 10.8. The molecular weight excluding hydrogens is 274 g/mol. The molecule has 0 bridgehead atoms. The van der Waals surface area contributed by atoms with Crippen LogP contribution in [0.2, 0.25) is 5.02 Å². The molecular formula is C14H12ClN5. The summed E-state index contributed by atoms with van der Waals surface area (Å²) in [6.07, 6.45) is 1.45. The van der Waals surface area contributed by atoms with E-state index in [0.29, 0.717) is 5.02 Å². The molecule has 1 aromatic heterocycles. The number of nitrogens with zero attached hydrogens (tertiary/aromatic N) is 4. The van der Waals surface area contributed by atoms with Crippen molar-refractivity contribution in [1.82, 2.24) is 9.55 Å². The van der Waals surface area contributed by atoms with Gasteiger partial charge in [0.2, 0.25) is 0 Å². The molecule has 0 fully saturated rings. The Morgan fingerprint density at radius 3 is 2.55 bits per heavy atom. The van der Waals surface area contributed by atoms with Crippen molar-refractivity contribution < 1.29 is 0 Å². The standard InChI is InChI=1S/C14H12ClN5/c1-9(18)14(10-4-2-3-5-11(10)15)20-8-19-12(6-16)13(20)7-17/h2-5,8-9,14H,18H2,1H3. The fourth-order valence-electron chi connectivity index (χ4n) is 2.17. The summed E-state index contributed by atoms with van der Waals surface area (Å²) in [5.41, 5.74) is 7.12. The molecule has 20 heavy (non-hydrogen) atoms. The second-order valence-electron chi connectivity index (χ2n) is 4.40. The van der Waals surface area contributed by atoms with Gasteiger partial charge in [0, 0.05) is 11.1 Å². The fourth-order valence-corrected chi connectivity index (χ4v) is 2.41. The average molecular weight is 286 g/mol. The van der Waals surface area contributed by atoms with Crippen molar-refractivity contribution in [2.45, 2.75) is 19.0 Å². The van der Waals surface area contributed by atoms with Gasteiger partial charge in [-0.2, -0.15) is 10.5 Å². The summed E-state index contributed by atoms with van der Waals surface area (Å²) < 4.78 is 1.60. The number of hydrogen-bond donors (Lipinski definition) is 1. The van der Waals surface area contributed by atoms with E-state index in [4.69, 9.17) is 22.6 Å². The van der Waals surface area contributed by atoms with Crippen molar-refractivity contribution in [3.05, 3.63) is 52.6 Å². The number of rotatable bonds is 3. The molecule has 6 heteroatoms. The van der Waals surface area contributed by atoms with E-state index in [0.717, 1.165) is 5.56 Å². The van der Waals surface area contributed by atoms with Gasteiger partial charge in [-0.05, 0) is 18.6 Å². The first kappa shape index (κ1) is 14.1. The summed E-state index contributed by atoms with van der Waals surface area (Å²) in [5.74, 6) is 0. The van der Waals surface area contributed by atoms with Crippen LogP contribution in [0, 0.1) is 22.7 Å². The van der Waals surface area contributed by atoms with Crippen LogP contribution in [0.1, 0.15) is 29.9 Å². The number of hydrogen-bond acceptors (Lipinski definition) is 4. The van der Waals surface area contributed by atoms with E-state index in [1.54, 1.807) is 10.6 Å². The smallest absolute Gasteiger partial charge is 0.176 e. The Morgan fingerprint density at radius 2 is 2.00 bits per heavy atom. The Labute approximate surface area is 121 Å². The molecule has 1 heterocycles. The molecule has 100 valence electrons. The molecule has 0 spiro atoms. The van der Waals surface area contributed by atoms with Crippen LogP contribution in [-0.2, 0) is 0 Å². The van der Waals surface area contributed by atoms with Crippen LogP contribution < -0.4 is 5.73 Å². The lowest BCUT2D eigenvalue weighted by Crippen LogP contribution is -2.31. The molecule has 0 amide bonds. The zero-order chi connectivity index (χ0) is 14.7. The van der Waals surface area contributed by atoms with Crippen LogP contribution in [0.3, 0.4) is 0 Å². The fraction of sp³-hybridized carbons (Fsp3) is 0.214. The largest absolute Gasteiger partial charge is 0.326 e. The average Bonchev–Trinajstić information content (AvgIpc) is 2.83. The van der Waals surface area contributed by atoms with Crippen LogP contribution in [0.4, 0.5) is 0 Å². The molecule has 2 N–H and O–H groups in total. The van der Waals surface area contributed by atoms with Crippen molar-refractivity contribution in [3.63, 3.8) is 0 Å². The van der Waals surface area contributed by atoms with Crippen LogP contribution in [0.25, 0.3) is 0 Å². The topological polar surface area (TPSA) is 91.4 Å². The lowest BCUT2D eigenvalue weighted by Gasteiger charge is -2.24. The summed E-state index contributed by atoms with van der Waals surface area (Å²) in [6.45, 7) is 1.82.